The Balaban J connectivity index is 2.39. The zero-order valence-electron chi connectivity index (χ0n) is 11.5. The summed E-state index contributed by atoms with van der Waals surface area (Å²) in [6.45, 7) is 1.75. The van der Waals surface area contributed by atoms with E-state index < -0.39 is 5.97 Å². The van der Waals surface area contributed by atoms with Gasteiger partial charge in [0, 0.05) is 11.6 Å². The van der Waals surface area contributed by atoms with Crippen LogP contribution in [0.5, 0.6) is 11.6 Å². The lowest BCUT2D eigenvalue weighted by Gasteiger charge is -2.11. The van der Waals surface area contributed by atoms with Crippen LogP contribution in [0.25, 0.3) is 5.57 Å². The van der Waals surface area contributed by atoms with Crippen LogP contribution in [0.3, 0.4) is 0 Å². The van der Waals surface area contributed by atoms with E-state index in [0.29, 0.717) is 22.8 Å². The fourth-order valence-electron chi connectivity index (χ4n) is 1.76. The lowest BCUT2D eigenvalue weighted by Crippen LogP contribution is -2.05. The molecular formula is C15H13ClN2O3. The van der Waals surface area contributed by atoms with Crippen LogP contribution in [0.15, 0.2) is 42.7 Å². The summed E-state index contributed by atoms with van der Waals surface area (Å²) in [7, 11) is 1.33. The number of ether oxygens (including phenoxy) is 2. The Morgan fingerprint density at radius 1 is 1.29 bits per heavy atom. The van der Waals surface area contributed by atoms with Gasteiger partial charge in [0.1, 0.15) is 17.2 Å². The number of aromatic nitrogens is 2. The van der Waals surface area contributed by atoms with Crippen molar-refractivity contribution in [3.8, 4) is 11.6 Å². The van der Waals surface area contributed by atoms with Gasteiger partial charge in [-0.25, -0.2) is 14.8 Å². The predicted octanol–water partition coefficient (Wildman–Crippen LogP) is 3.50. The molecule has 1 aromatic heterocycles. The second kappa shape index (κ2) is 6.85. The number of methoxy groups -OCH3 is 1. The number of esters is 1. The third kappa shape index (κ3) is 3.58. The number of carbonyl (C=O) groups excluding carboxylic acids is 1. The molecule has 6 heteroatoms. The topological polar surface area (TPSA) is 61.3 Å². The molecule has 0 fully saturated rings. The van der Waals surface area contributed by atoms with Crippen molar-refractivity contribution in [2.24, 2.45) is 0 Å². The number of rotatable bonds is 4. The number of halogens is 1. The Hall–Kier alpha value is -2.40. The molecule has 1 aromatic carbocycles. The minimum atomic E-state index is -0.436. The summed E-state index contributed by atoms with van der Waals surface area (Å²) >= 11 is 5.80. The van der Waals surface area contributed by atoms with Crippen LogP contribution in [-0.4, -0.2) is 23.0 Å². The van der Waals surface area contributed by atoms with Crippen molar-refractivity contribution in [3.05, 3.63) is 53.5 Å². The molecule has 0 saturated carbocycles. The SMILES string of the molecule is C/C=C(\C(=O)OC)c1ccccc1Oc1cc(Cl)ncn1. The van der Waals surface area contributed by atoms with E-state index in [9.17, 15) is 4.79 Å². The van der Waals surface area contributed by atoms with Gasteiger partial charge in [0.15, 0.2) is 0 Å². The number of hydrogen-bond donors (Lipinski definition) is 0. The molecule has 0 aliphatic carbocycles. The Morgan fingerprint density at radius 3 is 2.71 bits per heavy atom. The van der Waals surface area contributed by atoms with Gasteiger partial charge in [0.25, 0.3) is 0 Å². The summed E-state index contributed by atoms with van der Waals surface area (Å²) in [5, 5.41) is 0.275. The second-order valence-electron chi connectivity index (χ2n) is 3.97. The lowest BCUT2D eigenvalue weighted by atomic mass is 10.0. The summed E-state index contributed by atoms with van der Waals surface area (Å²) in [5.41, 5.74) is 1.02. The summed E-state index contributed by atoms with van der Waals surface area (Å²) in [6.07, 6.45) is 2.97. The molecule has 0 aliphatic rings. The van der Waals surface area contributed by atoms with Gasteiger partial charge in [-0.2, -0.15) is 0 Å². The maximum absolute atomic E-state index is 11.8. The third-order valence-corrected chi connectivity index (χ3v) is 2.90. The first kappa shape index (κ1) is 15.0. The standard InChI is InChI=1S/C15H13ClN2O3/c1-3-10(15(19)20-2)11-6-4-5-7-12(11)21-14-8-13(16)17-9-18-14/h3-9H,1-2H3/b10-3-. The first-order valence-corrected chi connectivity index (χ1v) is 6.53. The van der Waals surface area contributed by atoms with Crippen molar-refractivity contribution in [2.45, 2.75) is 6.92 Å². The van der Waals surface area contributed by atoms with Crippen LogP contribution >= 0.6 is 11.6 Å². The van der Waals surface area contributed by atoms with E-state index in [1.54, 1.807) is 31.2 Å². The van der Waals surface area contributed by atoms with Gasteiger partial charge in [-0.1, -0.05) is 35.9 Å². The first-order valence-electron chi connectivity index (χ1n) is 6.15. The molecule has 0 bridgehead atoms. The van der Waals surface area contributed by atoms with Crippen LogP contribution in [0, 0.1) is 0 Å². The quantitative estimate of drug-likeness (QED) is 0.491. The largest absolute Gasteiger partial charge is 0.465 e. The third-order valence-electron chi connectivity index (χ3n) is 2.69. The van der Waals surface area contributed by atoms with E-state index in [-0.39, 0.29) is 5.15 Å². The Morgan fingerprint density at radius 2 is 2.05 bits per heavy atom. The number of hydrogen-bond acceptors (Lipinski definition) is 5. The monoisotopic (exact) mass is 304 g/mol. The minimum absolute atomic E-state index is 0.275. The molecule has 21 heavy (non-hydrogen) atoms. The minimum Gasteiger partial charge on any atom is -0.465 e. The molecule has 1 heterocycles. The fourth-order valence-corrected chi connectivity index (χ4v) is 1.89. The van der Waals surface area contributed by atoms with Gasteiger partial charge in [0.05, 0.1) is 12.7 Å². The van der Waals surface area contributed by atoms with Gasteiger partial charge in [-0.15, -0.1) is 0 Å². The van der Waals surface area contributed by atoms with Crippen molar-refractivity contribution in [3.63, 3.8) is 0 Å². The van der Waals surface area contributed by atoms with Gasteiger partial charge >= 0.3 is 5.97 Å². The fraction of sp³-hybridized carbons (Fsp3) is 0.133. The zero-order chi connectivity index (χ0) is 15.2. The van der Waals surface area contributed by atoms with Crippen molar-refractivity contribution in [1.82, 2.24) is 9.97 Å². The number of benzene rings is 1. The highest BCUT2D eigenvalue weighted by atomic mass is 35.5. The highest BCUT2D eigenvalue weighted by molar-refractivity contribution is 6.29. The number of para-hydroxylation sites is 1. The van der Waals surface area contributed by atoms with E-state index in [0.717, 1.165) is 0 Å². The Bertz CT molecular complexity index is 686. The Kier molecular flexibility index (Phi) is 4.90. The highest BCUT2D eigenvalue weighted by Gasteiger charge is 2.16. The van der Waals surface area contributed by atoms with E-state index in [2.05, 4.69) is 9.97 Å². The maximum Gasteiger partial charge on any atom is 0.338 e. The molecule has 2 rings (SSSR count). The van der Waals surface area contributed by atoms with Gasteiger partial charge in [-0.05, 0) is 13.0 Å². The van der Waals surface area contributed by atoms with Crippen molar-refractivity contribution in [2.75, 3.05) is 7.11 Å². The van der Waals surface area contributed by atoms with E-state index in [1.165, 1.54) is 19.5 Å². The smallest absolute Gasteiger partial charge is 0.338 e. The normalized spacial score (nSPS) is 11.1. The lowest BCUT2D eigenvalue weighted by molar-refractivity contribution is -0.133. The zero-order valence-corrected chi connectivity index (χ0v) is 12.3. The van der Waals surface area contributed by atoms with Crippen LogP contribution < -0.4 is 4.74 Å². The van der Waals surface area contributed by atoms with Crippen LogP contribution in [0.2, 0.25) is 5.15 Å². The van der Waals surface area contributed by atoms with Crippen LogP contribution in [0.4, 0.5) is 0 Å². The predicted molar refractivity (Wildman–Crippen MR) is 79.2 cm³/mol. The van der Waals surface area contributed by atoms with Crippen molar-refractivity contribution >= 4 is 23.1 Å². The average molecular weight is 305 g/mol. The van der Waals surface area contributed by atoms with Crippen molar-refractivity contribution < 1.29 is 14.3 Å². The summed E-state index contributed by atoms with van der Waals surface area (Å²) in [5.74, 6) is 0.336. The second-order valence-corrected chi connectivity index (χ2v) is 4.36. The maximum atomic E-state index is 11.8. The molecule has 0 N–H and O–H groups in total. The highest BCUT2D eigenvalue weighted by Crippen LogP contribution is 2.30. The average Bonchev–Trinajstić information content (AvgIpc) is 2.49. The van der Waals surface area contributed by atoms with Gasteiger partial charge in [0.2, 0.25) is 5.88 Å². The van der Waals surface area contributed by atoms with E-state index in [4.69, 9.17) is 21.1 Å². The first-order chi connectivity index (χ1) is 10.2. The summed E-state index contributed by atoms with van der Waals surface area (Å²) in [6, 6.07) is 8.60. The van der Waals surface area contributed by atoms with Gasteiger partial charge < -0.3 is 9.47 Å². The molecule has 0 spiro atoms. The van der Waals surface area contributed by atoms with E-state index in [1.807, 2.05) is 6.07 Å². The summed E-state index contributed by atoms with van der Waals surface area (Å²) in [4.78, 5) is 19.6. The number of carbonyl (C=O) groups is 1. The molecule has 0 saturated heterocycles. The molecule has 108 valence electrons. The molecule has 0 radical (unpaired) electrons. The molecule has 0 amide bonds. The summed E-state index contributed by atoms with van der Waals surface area (Å²) < 4.78 is 10.5. The molecule has 0 atom stereocenters. The van der Waals surface area contributed by atoms with E-state index >= 15 is 0 Å². The van der Waals surface area contributed by atoms with Crippen LogP contribution in [-0.2, 0) is 9.53 Å². The molecule has 2 aromatic rings. The molecular weight excluding hydrogens is 292 g/mol. The van der Waals surface area contributed by atoms with Crippen LogP contribution in [0.1, 0.15) is 12.5 Å². The molecule has 5 nitrogen and oxygen atoms in total. The molecule has 0 aliphatic heterocycles. The number of nitrogens with zero attached hydrogens (tertiary/aromatic N) is 2. The van der Waals surface area contributed by atoms with Gasteiger partial charge in [-0.3, -0.25) is 0 Å². The van der Waals surface area contributed by atoms with Crippen molar-refractivity contribution in [1.29, 1.82) is 0 Å². The molecule has 0 unspecified atom stereocenters. The Labute approximate surface area is 127 Å². The number of allylic oxidation sites excluding steroid dienone is 1.